The van der Waals surface area contributed by atoms with Gasteiger partial charge in [-0.3, -0.25) is 0 Å². The molecule has 1 atom stereocenters. The molecule has 2 N–H and O–H groups in total. The molecule has 0 aliphatic rings. The second-order valence-corrected chi connectivity index (χ2v) is 6.02. The molecule has 0 saturated carbocycles. The Labute approximate surface area is 120 Å². The molecule has 0 spiro atoms. The third-order valence-electron chi connectivity index (χ3n) is 2.50. The summed E-state index contributed by atoms with van der Waals surface area (Å²) in [6.45, 7) is 1.53. The van der Waals surface area contributed by atoms with Crippen LogP contribution in [0.3, 0.4) is 0 Å². The predicted molar refractivity (Wildman–Crippen MR) is 69.2 cm³/mol. The van der Waals surface area contributed by atoms with Crippen molar-refractivity contribution < 1.29 is 31.4 Å². The molecule has 0 aliphatic heterocycles. The molecule has 1 aromatic rings. The standard InChI is InChI=1S/C12H16F3NO4S/c1-2-5-9(17)8-16-21(18,19)11-7-4-3-6-10(11)20-12(13,14)15/h3-4,6-7,9,16-17H,2,5,8H2,1H3. The number of hydrogen-bond donors (Lipinski definition) is 2. The molecule has 0 radical (unpaired) electrons. The molecule has 0 bridgehead atoms. The molecule has 1 unspecified atom stereocenters. The summed E-state index contributed by atoms with van der Waals surface area (Å²) in [6.07, 6.45) is -4.87. The lowest BCUT2D eigenvalue weighted by molar-refractivity contribution is -0.275. The van der Waals surface area contributed by atoms with Crippen LogP contribution in [0.2, 0.25) is 0 Å². The van der Waals surface area contributed by atoms with Crippen molar-refractivity contribution in [1.29, 1.82) is 0 Å². The van der Waals surface area contributed by atoms with E-state index in [0.29, 0.717) is 12.8 Å². The van der Waals surface area contributed by atoms with Crippen molar-refractivity contribution in [2.45, 2.75) is 37.1 Å². The van der Waals surface area contributed by atoms with E-state index in [1.165, 1.54) is 12.1 Å². The van der Waals surface area contributed by atoms with E-state index in [9.17, 15) is 26.7 Å². The summed E-state index contributed by atoms with van der Waals surface area (Å²) in [4.78, 5) is -0.633. The molecule has 9 heteroatoms. The largest absolute Gasteiger partial charge is 0.573 e. The molecule has 1 aromatic carbocycles. The number of nitrogens with one attached hydrogen (secondary N) is 1. The second kappa shape index (κ2) is 7.10. The molecule has 0 amide bonds. The molecule has 0 fully saturated rings. The fourth-order valence-electron chi connectivity index (χ4n) is 1.60. The first-order chi connectivity index (χ1) is 9.65. The lowest BCUT2D eigenvalue weighted by Crippen LogP contribution is -2.32. The van der Waals surface area contributed by atoms with Crippen LogP contribution in [0.5, 0.6) is 5.75 Å². The molecule has 1 rings (SSSR count). The lowest BCUT2D eigenvalue weighted by atomic mass is 10.2. The summed E-state index contributed by atoms with van der Waals surface area (Å²) in [5.41, 5.74) is 0. The number of alkyl halides is 3. The van der Waals surface area contributed by atoms with Gasteiger partial charge >= 0.3 is 6.36 Å². The molecule has 5 nitrogen and oxygen atoms in total. The molecule has 21 heavy (non-hydrogen) atoms. The van der Waals surface area contributed by atoms with E-state index in [4.69, 9.17) is 0 Å². The Morgan fingerprint density at radius 2 is 1.95 bits per heavy atom. The van der Waals surface area contributed by atoms with Gasteiger partial charge in [0.05, 0.1) is 6.10 Å². The number of aliphatic hydroxyl groups excluding tert-OH is 1. The van der Waals surface area contributed by atoms with Crippen LogP contribution >= 0.6 is 0 Å². The summed E-state index contributed by atoms with van der Waals surface area (Å²) in [5, 5.41) is 9.48. The molecule has 0 aliphatic carbocycles. The summed E-state index contributed by atoms with van der Waals surface area (Å²) in [5.74, 6) is -0.817. The number of hydrogen-bond acceptors (Lipinski definition) is 4. The number of halogens is 3. The Balaban J connectivity index is 2.93. The quantitative estimate of drug-likeness (QED) is 0.803. The van der Waals surface area contributed by atoms with Crippen molar-refractivity contribution in [1.82, 2.24) is 4.72 Å². The molecule has 0 heterocycles. The number of rotatable bonds is 7. The molecule has 120 valence electrons. The van der Waals surface area contributed by atoms with Gasteiger partial charge in [-0.05, 0) is 18.6 Å². The SMILES string of the molecule is CCCC(O)CNS(=O)(=O)c1ccccc1OC(F)(F)F. The summed E-state index contributed by atoms with van der Waals surface area (Å²) >= 11 is 0. The minimum Gasteiger partial charge on any atom is -0.404 e. The maximum absolute atomic E-state index is 12.2. The maximum Gasteiger partial charge on any atom is 0.573 e. The van der Waals surface area contributed by atoms with Gasteiger partial charge in [0, 0.05) is 6.54 Å². The summed E-state index contributed by atoms with van der Waals surface area (Å²) in [7, 11) is -4.21. The van der Waals surface area contributed by atoms with Crippen LogP contribution in [0.15, 0.2) is 29.2 Å². The van der Waals surface area contributed by atoms with Gasteiger partial charge in [-0.1, -0.05) is 25.5 Å². The van der Waals surface area contributed by atoms with E-state index in [1.54, 1.807) is 0 Å². The van der Waals surface area contributed by atoms with Crippen LogP contribution in [0.4, 0.5) is 13.2 Å². The van der Waals surface area contributed by atoms with Crippen LogP contribution in [0.1, 0.15) is 19.8 Å². The van der Waals surface area contributed by atoms with Crippen molar-refractivity contribution in [3.8, 4) is 5.75 Å². The van der Waals surface area contributed by atoms with Crippen molar-refractivity contribution >= 4 is 10.0 Å². The monoisotopic (exact) mass is 327 g/mol. The van der Waals surface area contributed by atoms with Crippen LogP contribution in [-0.2, 0) is 10.0 Å². The lowest BCUT2D eigenvalue weighted by Gasteiger charge is -2.15. The van der Waals surface area contributed by atoms with Crippen molar-refractivity contribution in [2.75, 3.05) is 6.54 Å². The van der Waals surface area contributed by atoms with Gasteiger partial charge in [0.15, 0.2) is 0 Å². The van der Waals surface area contributed by atoms with Crippen molar-refractivity contribution in [3.63, 3.8) is 0 Å². The van der Waals surface area contributed by atoms with E-state index in [-0.39, 0.29) is 6.54 Å². The zero-order chi connectivity index (χ0) is 16.1. The van der Waals surface area contributed by atoms with E-state index < -0.39 is 33.1 Å². The Hall–Kier alpha value is -1.32. The smallest absolute Gasteiger partial charge is 0.404 e. The average Bonchev–Trinajstić information content (AvgIpc) is 2.35. The zero-order valence-corrected chi connectivity index (χ0v) is 12.0. The first-order valence-electron chi connectivity index (χ1n) is 6.18. The first kappa shape index (κ1) is 17.7. The minimum atomic E-state index is -4.99. The van der Waals surface area contributed by atoms with Gasteiger partial charge in [0.25, 0.3) is 0 Å². The number of para-hydroxylation sites is 1. The van der Waals surface area contributed by atoms with E-state index in [0.717, 1.165) is 12.1 Å². The fourth-order valence-corrected chi connectivity index (χ4v) is 2.80. The highest BCUT2D eigenvalue weighted by Gasteiger charge is 2.33. The molecule has 0 saturated heterocycles. The maximum atomic E-state index is 12.2. The Morgan fingerprint density at radius 3 is 2.52 bits per heavy atom. The molecule has 0 aromatic heterocycles. The Kier molecular flexibility index (Phi) is 5.99. The van der Waals surface area contributed by atoms with E-state index in [2.05, 4.69) is 9.46 Å². The third-order valence-corrected chi connectivity index (χ3v) is 3.96. The second-order valence-electron chi connectivity index (χ2n) is 4.29. The van der Waals surface area contributed by atoms with Crippen molar-refractivity contribution in [2.24, 2.45) is 0 Å². The highest BCUT2D eigenvalue weighted by Crippen LogP contribution is 2.29. The fraction of sp³-hybridized carbons (Fsp3) is 0.500. The Bertz CT molecular complexity index is 560. The normalized spacial score (nSPS) is 14.0. The summed E-state index contributed by atoms with van der Waals surface area (Å²) in [6, 6.07) is 4.41. The predicted octanol–water partition coefficient (Wildman–Crippen LogP) is 2.02. The van der Waals surface area contributed by atoms with Gasteiger partial charge in [0.2, 0.25) is 10.0 Å². The van der Waals surface area contributed by atoms with E-state index in [1.807, 2.05) is 6.92 Å². The van der Waals surface area contributed by atoms with E-state index >= 15 is 0 Å². The molecular formula is C12H16F3NO4S. The Morgan fingerprint density at radius 1 is 1.33 bits per heavy atom. The van der Waals surface area contributed by atoms with Gasteiger partial charge in [-0.2, -0.15) is 0 Å². The summed E-state index contributed by atoms with van der Waals surface area (Å²) < 4.78 is 66.4. The highest BCUT2D eigenvalue weighted by atomic mass is 32.2. The topological polar surface area (TPSA) is 75.6 Å². The average molecular weight is 327 g/mol. The van der Waals surface area contributed by atoms with Gasteiger partial charge in [-0.25, -0.2) is 13.1 Å². The van der Waals surface area contributed by atoms with Crippen LogP contribution in [-0.4, -0.2) is 32.5 Å². The van der Waals surface area contributed by atoms with Gasteiger partial charge in [-0.15, -0.1) is 13.2 Å². The van der Waals surface area contributed by atoms with Gasteiger partial charge < -0.3 is 9.84 Å². The van der Waals surface area contributed by atoms with Gasteiger partial charge in [0.1, 0.15) is 10.6 Å². The highest BCUT2D eigenvalue weighted by molar-refractivity contribution is 7.89. The van der Waals surface area contributed by atoms with Crippen LogP contribution in [0.25, 0.3) is 0 Å². The number of ether oxygens (including phenoxy) is 1. The molecular weight excluding hydrogens is 311 g/mol. The number of aliphatic hydroxyl groups is 1. The number of benzene rings is 1. The third kappa shape index (κ3) is 5.90. The first-order valence-corrected chi connectivity index (χ1v) is 7.66. The van der Waals surface area contributed by atoms with Crippen molar-refractivity contribution in [3.05, 3.63) is 24.3 Å². The zero-order valence-electron chi connectivity index (χ0n) is 11.2. The minimum absolute atomic E-state index is 0.281. The van der Waals surface area contributed by atoms with Crippen LogP contribution in [0, 0.1) is 0 Å². The number of sulfonamides is 1. The van der Waals surface area contributed by atoms with Crippen LogP contribution < -0.4 is 9.46 Å².